The molecule has 0 aliphatic carbocycles. The van der Waals surface area contributed by atoms with Crippen LogP contribution >= 0.6 is 0 Å². The molecular weight excluding hydrogens is 973 g/mol. The minimum absolute atomic E-state index is 0.0742. The Hall–Kier alpha value is -3.41. The normalized spacial score (nSPS) is 12.6. The van der Waals surface area contributed by atoms with Gasteiger partial charge in [0.1, 0.15) is 13.2 Å². The van der Waals surface area contributed by atoms with Crippen molar-refractivity contribution in [2.75, 3.05) is 13.2 Å². The number of rotatable bonds is 62. The maximum absolute atomic E-state index is 12.9. The molecule has 6 nitrogen and oxygen atoms in total. The second-order valence-electron chi connectivity index (χ2n) is 22.7. The summed E-state index contributed by atoms with van der Waals surface area (Å²) in [6.07, 6.45) is 89.1. The zero-order valence-electron chi connectivity index (χ0n) is 52.4. The van der Waals surface area contributed by atoms with E-state index in [-0.39, 0.29) is 31.1 Å². The highest BCUT2D eigenvalue weighted by Gasteiger charge is 2.19. The number of carbonyl (C=O) groups is 3. The number of unbranched alkanes of at least 4 members (excludes halogenated alkanes) is 37. The monoisotopic (exact) mass is 1100 g/mol. The van der Waals surface area contributed by atoms with Crippen LogP contribution in [0, 0.1) is 0 Å². The van der Waals surface area contributed by atoms with Gasteiger partial charge < -0.3 is 14.2 Å². The molecule has 0 saturated carbocycles. The highest BCUT2D eigenvalue weighted by atomic mass is 16.6. The van der Waals surface area contributed by atoms with Gasteiger partial charge in [-0.1, -0.05) is 311 Å². The number of allylic oxidation sites excluding steroid dienone is 14. The zero-order chi connectivity index (χ0) is 57.1. The first-order chi connectivity index (χ1) is 39.0. The van der Waals surface area contributed by atoms with E-state index in [1.165, 1.54) is 199 Å². The lowest BCUT2D eigenvalue weighted by atomic mass is 10.0. The van der Waals surface area contributed by atoms with Gasteiger partial charge in [-0.3, -0.25) is 14.4 Å². The maximum atomic E-state index is 12.9. The van der Waals surface area contributed by atoms with E-state index in [1.807, 2.05) is 0 Å². The average Bonchev–Trinajstić information content (AvgIpc) is 3.45. The Balaban J connectivity index is 4.04. The van der Waals surface area contributed by atoms with E-state index in [4.69, 9.17) is 14.2 Å². The molecule has 0 saturated heterocycles. The van der Waals surface area contributed by atoms with E-state index in [1.54, 1.807) is 0 Å². The molecule has 0 aliphatic rings. The molecule has 0 bridgehead atoms. The summed E-state index contributed by atoms with van der Waals surface area (Å²) in [6, 6.07) is 0. The van der Waals surface area contributed by atoms with Crippen LogP contribution in [-0.4, -0.2) is 37.2 Å². The third-order valence-corrected chi connectivity index (χ3v) is 14.9. The summed E-state index contributed by atoms with van der Waals surface area (Å²) in [4.78, 5) is 38.2. The Morgan fingerprint density at radius 1 is 0.266 bits per heavy atom. The SMILES string of the molecule is CC/C=C\C/C=C\C/C=C\C/C=C\C/C=C\CCCCCCCCCCCCCCCCCCCCCC(=O)OCC(COC(=O)CCCCCCCCCCC)OC(=O)CCCCCCCCC/C=C\C/C=C\CCCCC. The fourth-order valence-electron chi connectivity index (χ4n) is 9.80. The minimum atomic E-state index is -0.776. The standard InChI is InChI=1S/C73H128O6/c1-4-7-10-13-16-19-21-23-25-27-28-29-30-31-32-33-34-35-36-37-38-39-40-41-42-43-44-46-47-49-51-54-57-60-63-66-72(75)78-69-70(68-77-71(74)65-62-59-56-53-18-15-12-9-6-3)79-73(76)67-64-61-58-55-52-50-48-45-26-24-22-20-17-14-11-8-5-2/h7,10,16-17,19-20,23-26,28-29,31-32,70H,4-6,8-9,11-15,18,21-22,27,30,33-69H2,1-3H3/b10-7-,19-16-,20-17-,25-23-,26-24-,29-28-,32-31-. The Kier molecular flexibility index (Phi) is 64.2. The number of hydrogen-bond acceptors (Lipinski definition) is 6. The lowest BCUT2D eigenvalue weighted by molar-refractivity contribution is -0.167. The molecule has 0 aromatic rings. The van der Waals surface area contributed by atoms with Crippen LogP contribution in [0.25, 0.3) is 0 Å². The van der Waals surface area contributed by atoms with Crippen molar-refractivity contribution in [2.24, 2.45) is 0 Å². The summed E-state index contributed by atoms with van der Waals surface area (Å²) >= 11 is 0. The van der Waals surface area contributed by atoms with Crippen molar-refractivity contribution in [3.63, 3.8) is 0 Å². The molecular formula is C73H128O6. The lowest BCUT2D eigenvalue weighted by Crippen LogP contribution is -2.30. The number of hydrogen-bond donors (Lipinski definition) is 0. The predicted molar refractivity (Wildman–Crippen MR) is 344 cm³/mol. The molecule has 456 valence electrons. The van der Waals surface area contributed by atoms with E-state index in [0.717, 1.165) is 103 Å². The summed E-state index contributed by atoms with van der Waals surface area (Å²) < 4.78 is 16.9. The Morgan fingerprint density at radius 3 is 0.797 bits per heavy atom. The van der Waals surface area contributed by atoms with Crippen molar-refractivity contribution in [2.45, 2.75) is 348 Å². The first-order valence-electron chi connectivity index (χ1n) is 34.1. The molecule has 79 heavy (non-hydrogen) atoms. The van der Waals surface area contributed by atoms with Crippen molar-refractivity contribution in [1.82, 2.24) is 0 Å². The number of ether oxygens (including phenoxy) is 3. The fraction of sp³-hybridized carbons (Fsp3) is 0.767. The van der Waals surface area contributed by atoms with Gasteiger partial charge in [0, 0.05) is 19.3 Å². The van der Waals surface area contributed by atoms with Crippen molar-refractivity contribution in [3.05, 3.63) is 85.1 Å². The smallest absolute Gasteiger partial charge is 0.306 e. The Morgan fingerprint density at radius 2 is 0.494 bits per heavy atom. The third kappa shape index (κ3) is 65.3. The summed E-state index contributed by atoms with van der Waals surface area (Å²) in [5, 5.41) is 0. The van der Waals surface area contributed by atoms with Gasteiger partial charge in [0.05, 0.1) is 0 Å². The molecule has 0 heterocycles. The molecule has 6 heteroatoms. The van der Waals surface area contributed by atoms with Crippen LogP contribution in [0.2, 0.25) is 0 Å². The van der Waals surface area contributed by atoms with Crippen molar-refractivity contribution in [1.29, 1.82) is 0 Å². The molecule has 0 fully saturated rings. The first-order valence-corrected chi connectivity index (χ1v) is 34.1. The van der Waals surface area contributed by atoms with Gasteiger partial charge in [-0.15, -0.1) is 0 Å². The second kappa shape index (κ2) is 67.1. The van der Waals surface area contributed by atoms with Crippen molar-refractivity contribution >= 4 is 17.9 Å². The quantitative estimate of drug-likeness (QED) is 0.0261. The Bertz CT molecular complexity index is 1500. The highest BCUT2D eigenvalue weighted by Crippen LogP contribution is 2.17. The molecule has 1 atom stereocenters. The average molecular weight is 1100 g/mol. The molecule has 0 rings (SSSR count). The van der Waals surface area contributed by atoms with Crippen LogP contribution in [0.3, 0.4) is 0 Å². The zero-order valence-corrected chi connectivity index (χ0v) is 52.4. The molecule has 1 unspecified atom stereocenters. The predicted octanol–water partition coefficient (Wildman–Crippen LogP) is 23.4. The van der Waals surface area contributed by atoms with Gasteiger partial charge in [-0.25, -0.2) is 0 Å². The number of carbonyl (C=O) groups excluding carboxylic acids is 3. The fourth-order valence-corrected chi connectivity index (χ4v) is 9.80. The third-order valence-electron chi connectivity index (χ3n) is 14.9. The van der Waals surface area contributed by atoms with Gasteiger partial charge in [0.15, 0.2) is 6.10 Å². The van der Waals surface area contributed by atoms with Crippen LogP contribution in [0.1, 0.15) is 342 Å². The second-order valence-corrected chi connectivity index (χ2v) is 22.7. The van der Waals surface area contributed by atoms with Gasteiger partial charge in [0.2, 0.25) is 0 Å². The molecule has 0 aromatic heterocycles. The largest absolute Gasteiger partial charge is 0.462 e. The molecule has 0 radical (unpaired) electrons. The van der Waals surface area contributed by atoms with Crippen LogP contribution in [-0.2, 0) is 28.6 Å². The maximum Gasteiger partial charge on any atom is 0.306 e. The Labute approximate surface area is 490 Å². The molecule has 0 aromatic carbocycles. The first kappa shape index (κ1) is 75.6. The van der Waals surface area contributed by atoms with Crippen LogP contribution in [0.15, 0.2) is 85.1 Å². The van der Waals surface area contributed by atoms with E-state index in [0.29, 0.717) is 19.3 Å². The van der Waals surface area contributed by atoms with Crippen LogP contribution in [0.5, 0.6) is 0 Å². The van der Waals surface area contributed by atoms with Crippen molar-refractivity contribution < 1.29 is 28.6 Å². The van der Waals surface area contributed by atoms with E-state index < -0.39 is 6.10 Å². The summed E-state index contributed by atoms with van der Waals surface area (Å²) in [5.41, 5.74) is 0. The summed E-state index contributed by atoms with van der Waals surface area (Å²) in [6.45, 7) is 6.51. The number of esters is 3. The minimum Gasteiger partial charge on any atom is -0.462 e. The van der Waals surface area contributed by atoms with E-state index >= 15 is 0 Å². The summed E-state index contributed by atoms with van der Waals surface area (Å²) in [5.74, 6) is -0.868. The van der Waals surface area contributed by atoms with Gasteiger partial charge in [-0.05, 0) is 96.3 Å². The lowest BCUT2D eigenvalue weighted by Gasteiger charge is -2.18. The molecule has 0 N–H and O–H groups in total. The highest BCUT2D eigenvalue weighted by molar-refractivity contribution is 5.71. The molecule has 0 aliphatic heterocycles. The van der Waals surface area contributed by atoms with Gasteiger partial charge >= 0.3 is 17.9 Å². The van der Waals surface area contributed by atoms with Gasteiger partial charge in [-0.2, -0.15) is 0 Å². The van der Waals surface area contributed by atoms with Gasteiger partial charge in [0.25, 0.3) is 0 Å². The van der Waals surface area contributed by atoms with Crippen molar-refractivity contribution in [3.8, 4) is 0 Å². The topological polar surface area (TPSA) is 78.9 Å². The van der Waals surface area contributed by atoms with Crippen LogP contribution < -0.4 is 0 Å². The summed E-state index contributed by atoms with van der Waals surface area (Å²) in [7, 11) is 0. The van der Waals surface area contributed by atoms with Crippen LogP contribution in [0.4, 0.5) is 0 Å². The van der Waals surface area contributed by atoms with E-state index in [2.05, 4.69) is 106 Å². The van der Waals surface area contributed by atoms with E-state index in [9.17, 15) is 14.4 Å². The molecule has 0 amide bonds. The molecule has 0 spiro atoms.